The van der Waals surface area contributed by atoms with Gasteiger partial charge in [0.25, 0.3) is 0 Å². The van der Waals surface area contributed by atoms with Gasteiger partial charge in [0.15, 0.2) is 16.1 Å². The molecule has 2 atom stereocenters. The number of halogens is 3. The van der Waals surface area contributed by atoms with Crippen LogP contribution in [0, 0.1) is 16.7 Å². The van der Waals surface area contributed by atoms with E-state index in [1.807, 2.05) is 6.07 Å². The normalized spacial score (nSPS) is 23.0. The average molecular weight is 560 g/mol. The number of nitrogens with zero attached hydrogens (tertiary/aromatic N) is 2. The van der Waals surface area contributed by atoms with Crippen LogP contribution in [0.2, 0.25) is 0 Å². The highest BCUT2D eigenvalue weighted by Crippen LogP contribution is 2.59. The topological polar surface area (TPSA) is 124 Å². The van der Waals surface area contributed by atoms with Gasteiger partial charge in [0.05, 0.1) is 16.2 Å². The Morgan fingerprint density at radius 1 is 1.05 bits per heavy atom. The fraction of sp³-hybridized carbons (Fsp3) is 0.407. The first-order chi connectivity index (χ1) is 18.4. The second-order valence-electron chi connectivity index (χ2n) is 10.4. The van der Waals surface area contributed by atoms with Crippen molar-refractivity contribution in [1.29, 1.82) is 5.26 Å². The van der Waals surface area contributed by atoms with Crippen molar-refractivity contribution in [2.24, 2.45) is 5.41 Å². The third-order valence-corrected chi connectivity index (χ3v) is 10.0. The van der Waals surface area contributed by atoms with Crippen LogP contribution >= 0.6 is 0 Å². The minimum absolute atomic E-state index is 0.124. The standard InChI is InChI=1S/C27H24F3N3O5S/c28-27(29,30)26(11-12-26)24(36)33-14-20(13-22(33)23(35)32-25(16-31)9-10-25)39(37,38)19-7-5-17(6-8-19)21-4-2-1-3-18(21)15-34/h1-8,15,20,22H,9-14H2,(H,32,35). The maximum Gasteiger partial charge on any atom is 0.403 e. The molecule has 3 aliphatic rings. The fourth-order valence-electron chi connectivity index (χ4n) is 5.10. The third-order valence-electron chi connectivity index (χ3n) is 7.88. The van der Waals surface area contributed by atoms with Gasteiger partial charge in [0.1, 0.15) is 17.0 Å². The van der Waals surface area contributed by atoms with E-state index in [1.165, 1.54) is 24.3 Å². The van der Waals surface area contributed by atoms with Crippen LogP contribution in [-0.4, -0.2) is 61.0 Å². The van der Waals surface area contributed by atoms with Crippen molar-refractivity contribution in [3.05, 3.63) is 54.1 Å². The van der Waals surface area contributed by atoms with Crippen molar-refractivity contribution in [3.8, 4) is 17.2 Å². The molecule has 5 rings (SSSR count). The molecule has 2 aromatic rings. The zero-order valence-corrected chi connectivity index (χ0v) is 21.4. The summed E-state index contributed by atoms with van der Waals surface area (Å²) >= 11 is 0. The first-order valence-corrected chi connectivity index (χ1v) is 13.9. The van der Waals surface area contributed by atoms with Gasteiger partial charge in [-0.05, 0) is 55.4 Å². The number of sulfone groups is 1. The molecule has 2 saturated carbocycles. The van der Waals surface area contributed by atoms with Crippen molar-refractivity contribution < 1.29 is 36.0 Å². The van der Waals surface area contributed by atoms with E-state index in [-0.39, 0.29) is 4.90 Å². The molecule has 204 valence electrons. The maximum atomic E-state index is 13.8. The number of nitriles is 1. The molecule has 12 heteroatoms. The number of carbonyl (C=O) groups is 3. The van der Waals surface area contributed by atoms with Crippen LogP contribution in [0.1, 0.15) is 42.5 Å². The number of likely N-dealkylation sites (tertiary alicyclic amines) is 1. The highest BCUT2D eigenvalue weighted by Gasteiger charge is 2.70. The summed E-state index contributed by atoms with van der Waals surface area (Å²) in [5, 5.41) is 10.5. The summed E-state index contributed by atoms with van der Waals surface area (Å²) in [6.07, 6.45) is -4.67. The van der Waals surface area contributed by atoms with Gasteiger partial charge in [-0.15, -0.1) is 0 Å². The Balaban J connectivity index is 1.43. The lowest BCUT2D eigenvalue weighted by atomic mass is 10.0. The van der Waals surface area contributed by atoms with E-state index < -0.39 is 75.9 Å². The quantitative estimate of drug-likeness (QED) is 0.519. The molecule has 2 unspecified atom stereocenters. The Bertz CT molecular complexity index is 1490. The summed E-state index contributed by atoms with van der Waals surface area (Å²) in [4.78, 5) is 38.2. The molecule has 3 fully saturated rings. The van der Waals surface area contributed by atoms with E-state index in [2.05, 4.69) is 5.32 Å². The van der Waals surface area contributed by atoms with Gasteiger partial charge in [0.2, 0.25) is 11.8 Å². The number of rotatable bonds is 7. The van der Waals surface area contributed by atoms with Crippen LogP contribution in [0.3, 0.4) is 0 Å². The van der Waals surface area contributed by atoms with Crippen molar-refractivity contribution in [1.82, 2.24) is 10.2 Å². The molecular formula is C27H24F3N3O5S. The number of benzene rings is 2. The number of hydrogen-bond donors (Lipinski definition) is 1. The van der Waals surface area contributed by atoms with Gasteiger partial charge in [-0.1, -0.05) is 36.4 Å². The Labute approximate surface area is 222 Å². The molecule has 1 aliphatic heterocycles. The molecular weight excluding hydrogens is 535 g/mol. The van der Waals surface area contributed by atoms with Gasteiger partial charge in [-0.3, -0.25) is 14.4 Å². The summed E-state index contributed by atoms with van der Waals surface area (Å²) in [7, 11) is -4.17. The Morgan fingerprint density at radius 3 is 2.23 bits per heavy atom. The molecule has 1 saturated heterocycles. The van der Waals surface area contributed by atoms with E-state index in [4.69, 9.17) is 0 Å². The van der Waals surface area contributed by atoms with Gasteiger partial charge in [-0.2, -0.15) is 18.4 Å². The third kappa shape index (κ3) is 4.58. The average Bonchev–Trinajstić information content (AvgIpc) is 3.84. The zero-order valence-electron chi connectivity index (χ0n) is 20.6. The molecule has 39 heavy (non-hydrogen) atoms. The Morgan fingerprint density at radius 2 is 1.69 bits per heavy atom. The Hall–Kier alpha value is -3.72. The number of nitrogens with one attached hydrogen (secondary N) is 1. The zero-order chi connectivity index (χ0) is 28.2. The largest absolute Gasteiger partial charge is 0.403 e. The molecule has 0 bridgehead atoms. The SMILES string of the molecule is N#CC1(NC(=O)C2CC(S(=O)(=O)c3ccc(-c4ccccc4C=O)cc3)CN2C(=O)C2(C(F)(F)F)CC2)CC1. The highest BCUT2D eigenvalue weighted by atomic mass is 32.2. The lowest BCUT2D eigenvalue weighted by molar-refractivity contribution is -0.199. The second-order valence-corrected chi connectivity index (χ2v) is 12.6. The fourth-order valence-corrected chi connectivity index (χ4v) is 6.79. The maximum absolute atomic E-state index is 13.8. The van der Waals surface area contributed by atoms with Gasteiger partial charge >= 0.3 is 6.18 Å². The lowest BCUT2D eigenvalue weighted by Gasteiger charge is -2.29. The first kappa shape index (κ1) is 26.9. The predicted molar refractivity (Wildman–Crippen MR) is 132 cm³/mol. The summed E-state index contributed by atoms with van der Waals surface area (Å²) in [5.74, 6) is -2.14. The van der Waals surface area contributed by atoms with Crippen molar-refractivity contribution in [2.45, 2.75) is 60.0 Å². The molecule has 2 aromatic carbocycles. The lowest BCUT2D eigenvalue weighted by Crippen LogP contribution is -2.53. The number of hydrogen-bond acceptors (Lipinski definition) is 6. The molecule has 0 spiro atoms. The van der Waals surface area contributed by atoms with E-state index in [9.17, 15) is 41.2 Å². The summed E-state index contributed by atoms with van der Waals surface area (Å²) < 4.78 is 68.4. The monoisotopic (exact) mass is 559 g/mol. The van der Waals surface area contributed by atoms with Crippen LogP contribution in [0.25, 0.3) is 11.1 Å². The van der Waals surface area contributed by atoms with E-state index >= 15 is 0 Å². The van der Waals surface area contributed by atoms with E-state index in [0.29, 0.717) is 35.8 Å². The molecule has 1 N–H and O–H groups in total. The molecule has 0 radical (unpaired) electrons. The first-order valence-electron chi connectivity index (χ1n) is 12.4. The van der Waals surface area contributed by atoms with Gasteiger partial charge in [0, 0.05) is 12.1 Å². The summed E-state index contributed by atoms with van der Waals surface area (Å²) in [6, 6.07) is 12.9. The summed E-state index contributed by atoms with van der Waals surface area (Å²) in [5.41, 5.74) is -2.16. The minimum atomic E-state index is -4.83. The molecule has 8 nitrogen and oxygen atoms in total. The number of carbonyl (C=O) groups excluding carboxylic acids is 3. The molecule has 2 amide bonds. The van der Waals surface area contributed by atoms with E-state index in [0.717, 1.165) is 4.90 Å². The van der Waals surface area contributed by atoms with Crippen LogP contribution < -0.4 is 5.32 Å². The highest BCUT2D eigenvalue weighted by molar-refractivity contribution is 7.92. The minimum Gasteiger partial charge on any atom is -0.336 e. The van der Waals surface area contributed by atoms with Crippen molar-refractivity contribution in [3.63, 3.8) is 0 Å². The van der Waals surface area contributed by atoms with Crippen molar-refractivity contribution in [2.75, 3.05) is 6.54 Å². The number of aldehydes is 1. The molecule has 1 heterocycles. The van der Waals surface area contributed by atoms with Crippen LogP contribution in [0.15, 0.2) is 53.4 Å². The molecule has 2 aliphatic carbocycles. The van der Waals surface area contributed by atoms with Crippen molar-refractivity contribution >= 4 is 27.9 Å². The van der Waals surface area contributed by atoms with Crippen LogP contribution in [0.4, 0.5) is 13.2 Å². The predicted octanol–water partition coefficient (Wildman–Crippen LogP) is 3.42. The van der Waals surface area contributed by atoms with Crippen LogP contribution in [0.5, 0.6) is 0 Å². The van der Waals surface area contributed by atoms with Gasteiger partial charge in [-0.25, -0.2) is 8.42 Å². The smallest absolute Gasteiger partial charge is 0.336 e. The second kappa shape index (κ2) is 9.19. The number of alkyl halides is 3. The van der Waals surface area contributed by atoms with E-state index in [1.54, 1.807) is 24.3 Å². The number of amides is 2. The summed E-state index contributed by atoms with van der Waals surface area (Å²) in [6.45, 7) is -0.577. The Kier molecular flexibility index (Phi) is 6.33. The molecule has 0 aromatic heterocycles. The van der Waals surface area contributed by atoms with Gasteiger partial charge < -0.3 is 10.2 Å². The van der Waals surface area contributed by atoms with Crippen LogP contribution in [-0.2, 0) is 19.4 Å².